The SMILES string of the molecule is Cc1cc(-c2onc(N)c2-c2ccccc2F)co1. The molecule has 4 nitrogen and oxygen atoms in total. The van der Waals surface area contributed by atoms with E-state index >= 15 is 0 Å². The highest BCUT2D eigenvalue weighted by Crippen LogP contribution is 2.38. The lowest BCUT2D eigenvalue weighted by Gasteiger charge is -2.02. The van der Waals surface area contributed by atoms with Gasteiger partial charge in [-0.15, -0.1) is 0 Å². The van der Waals surface area contributed by atoms with E-state index in [-0.39, 0.29) is 11.6 Å². The van der Waals surface area contributed by atoms with Crippen LogP contribution in [0.2, 0.25) is 0 Å². The number of hydrogen-bond acceptors (Lipinski definition) is 4. The van der Waals surface area contributed by atoms with Crippen LogP contribution in [0.15, 0.2) is 45.5 Å². The van der Waals surface area contributed by atoms with Crippen molar-refractivity contribution in [3.05, 3.63) is 48.2 Å². The fourth-order valence-electron chi connectivity index (χ4n) is 1.99. The predicted molar refractivity (Wildman–Crippen MR) is 68.7 cm³/mol. The van der Waals surface area contributed by atoms with Crippen LogP contribution < -0.4 is 5.73 Å². The molecule has 2 heterocycles. The van der Waals surface area contributed by atoms with Gasteiger partial charge in [0.25, 0.3) is 0 Å². The van der Waals surface area contributed by atoms with Crippen LogP contribution in [0, 0.1) is 12.7 Å². The van der Waals surface area contributed by atoms with Crippen molar-refractivity contribution in [2.24, 2.45) is 0 Å². The molecule has 0 aliphatic heterocycles. The van der Waals surface area contributed by atoms with E-state index in [1.165, 1.54) is 12.3 Å². The average Bonchev–Trinajstić information content (AvgIpc) is 2.96. The van der Waals surface area contributed by atoms with Crippen LogP contribution in [0.4, 0.5) is 10.2 Å². The first-order valence-corrected chi connectivity index (χ1v) is 5.72. The maximum absolute atomic E-state index is 13.9. The normalized spacial score (nSPS) is 10.8. The standard InChI is InChI=1S/C14H11FN2O2/c1-8-6-9(7-18-8)13-12(14(16)17-19-13)10-4-2-3-5-11(10)15/h2-7H,1H3,(H2,16,17). The molecule has 2 aromatic heterocycles. The summed E-state index contributed by atoms with van der Waals surface area (Å²) in [6.45, 7) is 1.81. The fourth-order valence-corrected chi connectivity index (χ4v) is 1.99. The second-order valence-corrected chi connectivity index (χ2v) is 4.20. The summed E-state index contributed by atoms with van der Waals surface area (Å²) in [5.41, 5.74) is 7.26. The van der Waals surface area contributed by atoms with Gasteiger partial charge in [-0.05, 0) is 19.1 Å². The molecule has 19 heavy (non-hydrogen) atoms. The summed E-state index contributed by atoms with van der Waals surface area (Å²) in [6, 6.07) is 8.13. The zero-order chi connectivity index (χ0) is 13.4. The number of hydrogen-bond donors (Lipinski definition) is 1. The Morgan fingerprint density at radius 2 is 2.05 bits per heavy atom. The van der Waals surface area contributed by atoms with E-state index in [1.54, 1.807) is 24.3 Å². The lowest BCUT2D eigenvalue weighted by Crippen LogP contribution is -1.91. The summed E-state index contributed by atoms with van der Waals surface area (Å²) in [5, 5.41) is 3.71. The number of nitrogen functional groups attached to an aromatic ring is 1. The third-order valence-electron chi connectivity index (χ3n) is 2.85. The van der Waals surface area contributed by atoms with Gasteiger partial charge in [0.1, 0.15) is 17.8 Å². The topological polar surface area (TPSA) is 65.2 Å². The van der Waals surface area contributed by atoms with Crippen LogP contribution >= 0.6 is 0 Å². The van der Waals surface area contributed by atoms with E-state index in [4.69, 9.17) is 14.7 Å². The number of furan rings is 1. The maximum atomic E-state index is 13.9. The molecule has 3 aromatic rings. The summed E-state index contributed by atoms with van der Waals surface area (Å²) in [6.07, 6.45) is 1.53. The number of aryl methyl sites for hydroxylation is 1. The van der Waals surface area contributed by atoms with E-state index < -0.39 is 0 Å². The van der Waals surface area contributed by atoms with E-state index in [1.807, 2.05) is 6.92 Å². The predicted octanol–water partition coefficient (Wildman–Crippen LogP) is 3.63. The molecule has 0 radical (unpaired) electrons. The Bertz CT molecular complexity index is 731. The molecule has 96 valence electrons. The van der Waals surface area contributed by atoms with Crippen molar-refractivity contribution in [1.29, 1.82) is 0 Å². The number of aromatic nitrogens is 1. The Morgan fingerprint density at radius 3 is 2.74 bits per heavy atom. The average molecular weight is 258 g/mol. The molecule has 5 heteroatoms. The van der Waals surface area contributed by atoms with Gasteiger partial charge in [-0.3, -0.25) is 0 Å². The molecule has 0 aliphatic rings. The lowest BCUT2D eigenvalue weighted by atomic mass is 10.0. The van der Waals surface area contributed by atoms with Crippen LogP contribution in [-0.2, 0) is 0 Å². The molecule has 3 rings (SSSR count). The van der Waals surface area contributed by atoms with E-state index in [0.29, 0.717) is 22.5 Å². The number of rotatable bonds is 2. The van der Waals surface area contributed by atoms with Gasteiger partial charge in [0.2, 0.25) is 0 Å². The van der Waals surface area contributed by atoms with Gasteiger partial charge in [-0.25, -0.2) is 4.39 Å². The molecule has 0 spiro atoms. The zero-order valence-electron chi connectivity index (χ0n) is 10.2. The van der Waals surface area contributed by atoms with Gasteiger partial charge < -0.3 is 14.7 Å². The van der Waals surface area contributed by atoms with Crippen LogP contribution in [0.3, 0.4) is 0 Å². The molecule has 0 unspecified atom stereocenters. The largest absolute Gasteiger partial charge is 0.469 e. The fraction of sp³-hybridized carbons (Fsp3) is 0.0714. The van der Waals surface area contributed by atoms with Crippen LogP contribution in [-0.4, -0.2) is 5.16 Å². The Labute approximate surface area is 108 Å². The van der Waals surface area contributed by atoms with Crippen molar-refractivity contribution in [2.75, 3.05) is 5.73 Å². The molecule has 1 aromatic carbocycles. The first-order valence-electron chi connectivity index (χ1n) is 5.72. The highest BCUT2D eigenvalue weighted by molar-refractivity contribution is 5.86. The van der Waals surface area contributed by atoms with Gasteiger partial charge in [-0.1, -0.05) is 23.4 Å². The summed E-state index contributed by atoms with van der Waals surface area (Å²) in [7, 11) is 0. The lowest BCUT2D eigenvalue weighted by molar-refractivity contribution is 0.435. The van der Waals surface area contributed by atoms with Gasteiger partial charge in [-0.2, -0.15) is 0 Å². The van der Waals surface area contributed by atoms with Gasteiger partial charge in [0, 0.05) is 5.56 Å². The first-order chi connectivity index (χ1) is 9.16. The molecule has 0 aliphatic carbocycles. The molecule has 0 atom stereocenters. The Balaban J connectivity index is 2.22. The first kappa shape index (κ1) is 11.5. The van der Waals surface area contributed by atoms with Crippen LogP contribution in [0.25, 0.3) is 22.5 Å². The number of benzene rings is 1. The number of nitrogens with zero attached hydrogens (tertiary/aromatic N) is 1. The Kier molecular flexibility index (Phi) is 2.59. The van der Waals surface area contributed by atoms with Gasteiger partial charge in [0.05, 0.1) is 11.1 Å². The summed E-state index contributed by atoms with van der Waals surface area (Å²) in [4.78, 5) is 0. The van der Waals surface area contributed by atoms with Crippen molar-refractivity contribution in [3.63, 3.8) is 0 Å². The third kappa shape index (κ3) is 1.89. The molecule has 0 amide bonds. The molecule has 0 fully saturated rings. The van der Waals surface area contributed by atoms with Crippen molar-refractivity contribution >= 4 is 5.82 Å². The Morgan fingerprint density at radius 1 is 1.26 bits per heavy atom. The number of halogens is 1. The van der Waals surface area contributed by atoms with E-state index in [2.05, 4.69) is 5.16 Å². The summed E-state index contributed by atoms with van der Waals surface area (Å²) < 4.78 is 24.3. The Hall–Kier alpha value is -2.56. The van der Waals surface area contributed by atoms with Crippen molar-refractivity contribution in [1.82, 2.24) is 5.16 Å². The zero-order valence-corrected chi connectivity index (χ0v) is 10.2. The minimum Gasteiger partial charge on any atom is -0.469 e. The number of nitrogens with two attached hydrogens (primary N) is 1. The minimum absolute atomic E-state index is 0.152. The van der Waals surface area contributed by atoms with Crippen molar-refractivity contribution in [2.45, 2.75) is 6.92 Å². The van der Waals surface area contributed by atoms with Crippen LogP contribution in [0.1, 0.15) is 5.76 Å². The van der Waals surface area contributed by atoms with E-state index in [0.717, 1.165) is 5.76 Å². The van der Waals surface area contributed by atoms with Crippen LogP contribution in [0.5, 0.6) is 0 Å². The highest BCUT2D eigenvalue weighted by Gasteiger charge is 2.21. The molecule has 0 saturated carbocycles. The minimum atomic E-state index is -0.376. The van der Waals surface area contributed by atoms with Crippen molar-refractivity contribution in [3.8, 4) is 22.5 Å². The molecule has 0 saturated heterocycles. The van der Waals surface area contributed by atoms with Gasteiger partial charge in [0.15, 0.2) is 11.6 Å². The quantitative estimate of drug-likeness (QED) is 0.762. The van der Waals surface area contributed by atoms with E-state index in [9.17, 15) is 4.39 Å². The second kappa shape index (κ2) is 4.28. The molecule has 2 N–H and O–H groups in total. The van der Waals surface area contributed by atoms with Gasteiger partial charge >= 0.3 is 0 Å². The monoisotopic (exact) mass is 258 g/mol. The molecular weight excluding hydrogens is 247 g/mol. The maximum Gasteiger partial charge on any atom is 0.180 e. The smallest absolute Gasteiger partial charge is 0.180 e. The van der Waals surface area contributed by atoms with Crippen molar-refractivity contribution < 1.29 is 13.3 Å². The summed E-state index contributed by atoms with van der Waals surface area (Å²) >= 11 is 0. The summed E-state index contributed by atoms with van der Waals surface area (Å²) in [5.74, 6) is 0.904. The highest BCUT2D eigenvalue weighted by atomic mass is 19.1. The second-order valence-electron chi connectivity index (χ2n) is 4.20. The third-order valence-corrected chi connectivity index (χ3v) is 2.85. The molecule has 0 bridgehead atoms. The molecular formula is C14H11FN2O2. The number of anilines is 1.